The largest absolute Gasteiger partial charge is 0.380 e. The Bertz CT molecular complexity index is 786. The molecule has 3 N–H and O–H groups in total. The van der Waals surface area contributed by atoms with Gasteiger partial charge in [0, 0.05) is 30.9 Å². The standard InChI is InChI=1S/C21H25N3O3/c1-27-14-15-8-10-18(11-9-15)24-21(26)22-13-16-4-2-7-19(12-16)23-20(25)17-5-3-6-17/h2,4,7-12,17H,3,5-6,13-14H2,1H3,(H,23,25)(H2,22,24,26). The molecule has 6 heteroatoms. The minimum absolute atomic E-state index is 0.0843. The summed E-state index contributed by atoms with van der Waals surface area (Å²) >= 11 is 0. The smallest absolute Gasteiger partial charge is 0.319 e. The predicted octanol–water partition coefficient (Wildman–Crippen LogP) is 3.89. The lowest BCUT2D eigenvalue weighted by Crippen LogP contribution is -2.29. The van der Waals surface area contributed by atoms with E-state index in [-0.39, 0.29) is 17.9 Å². The topological polar surface area (TPSA) is 79.5 Å². The number of ether oxygens (including phenoxy) is 1. The Kier molecular flexibility index (Phi) is 6.44. The van der Waals surface area contributed by atoms with E-state index in [4.69, 9.17) is 4.74 Å². The molecule has 6 nitrogen and oxygen atoms in total. The normalized spacial score (nSPS) is 13.5. The van der Waals surface area contributed by atoms with E-state index in [9.17, 15) is 9.59 Å². The molecule has 1 aliphatic carbocycles. The van der Waals surface area contributed by atoms with Gasteiger partial charge in [0.15, 0.2) is 0 Å². The number of rotatable bonds is 7. The van der Waals surface area contributed by atoms with Crippen LogP contribution in [0.3, 0.4) is 0 Å². The van der Waals surface area contributed by atoms with E-state index in [0.717, 1.165) is 36.1 Å². The van der Waals surface area contributed by atoms with E-state index in [1.807, 2.05) is 48.5 Å². The van der Waals surface area contributed by atoms with Crippen LogP contribution in [0.25, 0.3) is 0 Å². The van der Waals surface area contributed by atoms with Crippen molar-refractivity contribution in [3.05, 3.63) is 59.7 Å². The third-order valence-electron chi connectivity index (χ3n) is 4.65. The maximum absolute atomic E-state index is 12.1. The first-order chi connectivity index (χ1) is 13.1. The van der Waals surface area contributed by atoms with Crippen molar-refractivity contribution in [3.63, 3.8) is 0 Å². The number of urea groups is 1. The van der Waals surface area contributed by atoms with Crippen LogP contribution < -0.4 is 16.0 Å². The maximum Gasteiger partial charge on any atom is 0.319 e. The van der Waals surface area contributed by atoms with Gasteiger partial charge < -0.3 is 20.7 Å². The molecule has 0 saturated heterocycles. The van der Waals surface area contributed by atoms with Crippen LogP contribution in [0.2, 0.25) is 0 Å². The highest BCUT2D eigenvalue weighted by molar-refractivity contribution is 5.93. The van der Waals surface area contributed by atoms with Gasteiger partial charge >= 0.3 is 6.03 Å². The second-order valence-corrected chi connectivity index (χ2v) is 6.76. The van der Waals surface area contributed by atoms with Gasteiger partial charge in [-0.3, -0.25) is 4.79 Å². The van der Waals surface area contributed by atoms with Crippen LogP contribution in [0.4, 0.5) is 16.2 Å². The molecule has 1 saturated carbocycles. The van der Waals surface area contributed by atoms with Crippen LogP contribution in [-0.2, 0) is 22.7 Å². The molecule has 1 fully saturated rings. The van der Waals surface area contributed by atoms with Crippen LogP contribution in [-0.4, -0.2) is 19.0 Å². The number of hydrogen-bond acceptors (Lipinski definition) is 3. The van der Waals surface area contributed by atoms with Crippen molar-refractivity contribution in [2.75, 3.05) is 17.7 Å². The van der Waals surface area contributed by atoms with Crippen LogP contribution in [0.1, 0.15) is 30.4 Å². The molecule has 0 heterocycles. The molecular weight excluding hydrogens is 342 g/mol. The molecule has 0 aliphatic heterocycles. The number of carbonyl (C=O) groups is 2. The van der Waals surface area contributed by atoms with Gasteiger partial charge in [0.05, 0.1) is 6.61 Å². The highest BCUT2D eigenvalue weighted by Gasteiger charge is 2.25. The van der Waals surface area contributed by atoms with Crippen LogP contribution in [0, 0.1) is 5.92 Å². The molecule has 142 valence electrons. The lowest BCUT2D eigenvalue weighted by atomic mass is 9.85. The van der Waals surface area contributed by atoms with Crippen LogP contribution in [0.5, 0.6) is 0 Å². The summed E-state index contributed by atoms with van der Waals surface area (Å²) in [6.45, 7) is 0.917. The molecular formula is C21H25N3O3. The van der Waals surface area contributed by atoms with E-state index >= 15 is 0 Å². The summed E-state index contributed by atoms with van der Waals surface area (Å²) in [6.07, 6.45) is 3.08. The molecule has 0 spiro atoms. The van der Waals surface area contributed by atoms with Gasteiger partial charge in [0.25, 0.3) is 0 Å². The van der Waals surface area contributed by atoms with Gasteiger partial charge in [-0.2, -0.15) is 0 Å². The van der Waals surface area contributed by atoms with Crippen molar-refractivity contribution in [1.82, 2.24) is 5.32 Å². The van der Waals surface area contributed by atoms with Crippen molar-refractivity contribution in [2.45, 2.75) is 32.4 Å². The fourth-order valence-corrected chi connectivity index (χ4v) is 2.88. The van der Waals surface area contributed by atoms with Gasteiger partial charge in [-0.1, -0.05) is 30.7 Å². The number of anilines is 2. The molecule has 0 bridgehead atoms. The van der Waals surface area contributed by atoms with Crippen molar-refractivity contribution >= 4 is 23.3 Å². The maximum atomic E-state index is 12.1. The lowest BCUT2D eigenvalue weighted by Gasteiger charge is -2.24. The van der Waals surface area contributed by atoms with Gasteiger partial charge in [-0.15, -0.1) is 0 Å². The minimum atomic E-state index is -0.279. The van der Waals surface area contributed by atoms with Crippen molar-refractivity contribution in [3.8, 4) is 0 Å². The second-order valence-electron chi connectivity index (χ2n) is 6.76. The van der Waals surface area contributed by atoms with Gasteiger partial charge in [0.2, 0.25) is 5.91 Å². The fraction of sp³-hybridized carbons (Fsp3) is 0.333. The molecule has 0 radical (unpaired) electrons. The summed E-state index contributed by atoms with van der Waals surface area (Å²) in [4.78, 5) is 24.1. The summed E-state index contributed by atoms with van der Waals surface area (Å²) < 4.78 is 5.07. The lowest BCUT2D eigenvalue weighted by molar-refractivity contribution is -0.122. The SMILES string of the molecule is COCc1ccc(NC(=O)NCc2cccc(NC(=O)C3CCC3)c2)cc1. The molecule has 3 amide bonds. The second kappa shape index (κ2) is 9.19. The molecule has 2 aromatic rings. The molecule has 1 aliphatic rings. The number of benzene rings is 2. The monoisotopic (exact) mass is 367 g/mol. The van der Waals surface area contributed by atoms with E-state index < -0.39 is 0 Å². The fourth-order valence-electron chi connectivity index (χ4n) is 2.88. The van der Waals surface area contributed by atoms with Crippen LogP contribution >= 0.6 is 0 Å². The van der Waals surface area contributed by atoms with Crippen molar-refractivity contribution < 1.29 is 14.3 Å². The highest BCUT2D eigenvalue weighted by Crippen LogP contribution is 2.27. The van der Waals surface area contributed by atoms with E-state index in [0.29, 0.717) is 18.8 Å². The predicted molar refractivity (Wildman–Crippen MR) is 105 cm³/mol. The van der Waals surface area contributed by atoms with E-state index in [2.05, 4.69) is 16.0 Å². The van der Waals surface area contributed by atoms with Crippen LogP contribution in [0.15, 0.2) is 48.5 Å². The van der Waals surface area contributed by atoms with Gasteiger partial charge in [-0.05, 0) is 48.2 Å². The Hall–Kier alpha value is -2.86. The number of amides is 3. The minimum Gasteiger partial charge on any atom is -0.380 e. The molecule has 27 heavy (non-hydrogen) atoms. The summed E-state index contributed by atoms with van der Waals surface area (Å²) in [5.74, 6) is 0.230. The first-order valence-corrected chi connectivity index (χ1v) is 9.16. The first kappa shape index (κ1) is 18.9. The first-order valence-electron chi connectivity index (χ1n) is 9.16. The Labute approximate surface area is 159 Å². The number of hydrogen-bond donors (Lipinski definition) is 3. The van der Waals surface area contributed by atoms with E-state index in [1.54, 1.807) is 7.11 Å². The summed E-state index contributed by atoms with van der Waals surface area (Å²) in [6, 6.07) is 14.8. The van der Waals surface area contributed by atoms with Gasteiger partial charge in [-0.25, -0.2) is 4.79 Å². The highest BCUT2D eigenvalue weighted by atomic mass is 16.5. The Morgan fingerprint density at radius 2 is 1.78 bits per heavy atom. The quantitative estimate of drug-likeness (QED) is 0.694. The summed E-state index contributed by atoms with van der Waals surface area (Å²) in [5, 5.41) is 8.57. The van der Waals surface area contributed by atoms with Crippen molar-refractivity contribution in [2.24, 2.45) is 5.92 Å². The van der Waals surface area contributed by atoms with Crippen molar-refractivity contribution in [1.29, 1.82) is 0 Å². The Morgan fingerprint density at radius 3 is 2.44 bits per heavy atom. The third kappa shape index (κ3) is 5.56. The number of methoxy groups -OCH3 is 1. The third-order valence-corrected chi connectivity index (χ3v) is 4.65. The average molecular weight is 367 g/mol. The summed E-state index contributed by atoms with van der Waals surface area (Å²) in [7, 11) is 1.65. The zero-order chi connectivity index (χ0) is 19.1. The molecule has 3 rings (SSSR count). The molecule has 0 atom stereocenters. The summed E-state index contributed by atoms with van der Waals surface area (Å²) in [5.41, 5.74) is 3.45. The Morgan fingerprint density at radius 1 is 1.00 bits per heavy atom. The number of nitrogens with one attached hydrogen (secondary N) is 3. The number of carbonyl (C=O) groups excluding carboxylic acids is 2. The molecule has 2 aromatic carbocycles. The average Bonchev–Trinajstić information content (AvgIpc) is 2.61. The van der Waals surface area contributed by atoms with Gasteiger partial charge in [0.1, 0.15) is 0 Å². The van der Waals surface area contributed by atoms with E-state index in [1.165, 1.54) is 0 Å². The zero-order valence-corrected chi connectivity index (χ0v) is 15.5. The molecule has 0 aromatic heterocycles. The Balaban J connectivity index is 1.48. The zero-order valence-electron chi connectivity index (χ0n) is 15.5. The molecule has 0 unspecified atom stereocenters.